The number of benzene rings is 2. The number of hydrogen-bond acceptors (Lipinski definition) is 6. The monoisotopic (exact) mass is 898 g/mol. The minimum atomic E-state index is -2.25. The highest BCUT2D eigenvalue weighted by molar-refractivity contribution is 9.10. The standard InChI is InChI=1S/2C21H28BrNO3Si/c2*1-20(2,3)27(5,6)26-18(15-10-8-7-9-11-15)21(4,19(24)25)16-12-17(22)14-23-13-16/h2*7-14,18H,1-6H3,(H,24,25)/t18-,21+;18-,21-/m01/s1. The van der Waals surface area contributed by atoms with Crippen LogP contribution in [0.15, 0.2) is 107 Å². The molecule has 0 unspecified atom stereocenters. The molecule has 0 aliphatic rings. The van der Waals surface area contributed by atoms with Crippen molar-refractivity contribution in [1.82, 2.24) is 9.97 Å². The van der Waals surface area contributed by atoms with Gasteiger partial charge in [-0.25, -0.2) is 0 Å². The molecular weight excluding hydrogens is 844 g/mol. The highest BCUT2D eigenvalue weighted by atomic mass is 79.9. The van der Waals surface area contributed by atoms with Gasteiger partial charge in [-0.2, -0.15) is 0 Å². The normalized spacial score (nSPS) is 15.8. The number of halogens is 2. The molecule has 4 rings (SSSR count). The van der Waals surface area contributed by atoms with Crippen LogP contribution in [0.4, 0.5) is 0 Å². The summed E-state index contributed by atoms with van der Waals surface area (Å²) in [6.07, 6.45) is 5.27. The molecule has 0 aliphatic heterocycles. The summed E-state index contributed by atoms with van der Waals surface area (Å²) in [7, 11) is -4.50. The predicted octanol–water partition coefficient (Wildman–Crippen LogP) is 11.9. The Kier molecular flexibility index (Phi) is 14.6. The minimum absolute atomic E-state index is 0.0467. The second-order valence-electron chi connectivity index (χ2n) is 17.1. The van der Waals surface area contributed by atoms with Crippen LogP contribution in [0.25, 0.3) is 0 Å². The van der Waals surface area contributed by atoms with Gasteiger partial charge in [-0.15, -0.1) is 0 Å². The molecule has 2 aromatic carbocycles. The van der Waals surface area contributed by atoms with Gasteiger partial charge in [0.25, 0.3) is 0 Å². The second kappa shape index (κ2) is 17.4. The van der Waals surface area contributed by atoms with E-state index in [0.717, 1.165) is 20.1 Å². The summed E-state index contributed by atoms with van der Waals surface area (Å²) in [6, 6.07) is 22.9. The molecule has 2 N–H and O–H groups in total. The van der Waals surface area contributed by atoms with E-state index in [-0.39, 0.29) is 10.1 Å². The Bertz CT molecular complexity index is 1750. The van der Waals surface area contributed by atoms with Crippen molar-refractivity contribution < 1.29 is 28.7 Å². The maximum absolute atomic E-state index is 12.6. The van der Waals surface area contributed by atoms with Gasteiger partial charge < -0.3 is 19.1 Å². The van der Waals surface area contributed by atoms with E-state index in [0.29, 0.717) is 11.1 Å². The first kappa shape index (κ1) is 45.4. The molecule has 292 valence electrons. The third kappa shape index (κ3) is 10.2. The van der Waals surface area contributed by atoms with Crippen molar-refractivity contribution in [2.75, 3.05) is 0 Å². The van der Waals surface area contributed by atoms with Gasteiger partial charge in [0, 0.05) is 33.7 Å². The first-order valence-corrected chi connectivity index (χ1v) is 25.3. The molecule has 54 heavy (non-hydrogen) atoms. The molecule has 0 spiro atoms. The van der Waals surface area contributed by atoms with Crippen LogP contribution in [0.5, 0.6) is 0 Å². The van der Waals surface area contributed by atoms with E-state index in [1.807, 2.05) is 72.8 Å². The number of aromatic nitrogens is 2. The lowest BCUT2D eigenvalue weighted by Gasteiger charge is -2.44. The average Bonchev–Trinajstić information content (AvgIpc) is 3.09. The van der Waals surface area contributed by atoms with Crippen LogP contribution in [0.3, 0.4) is 0 Å². The van der Waals surface area contributed by atoms with E-state index in [2.05, 4.69) is 110 Å². The van der Waals surface area contributed by atoms with Crippen molar-refractivity contribution in [2.24, 2.45) is 0 Å². The van der Waals surface area contributed by atoms with Crippen molar-refractivity contribution in [2.45, 2.75) is 115 Å². The molecule has 0 bridgehead atoms. The van der Waals surface area contributed by atoms with Gasteiger partial charge >= 0.3 is 11.9 Å². The molecule has 4 atom stereocenters. The summed E-state index contributed by atoms with van der Waals surface area (Å²) in [4.78, 5) is 33.6. The van der Waals surface area contributed by atoms with Gasteiger partial charge in [-0.05, 0) is 116 Å². The van der Waals surface area contributed by atoms with Gasteiger partial charge in [-0.1, -0.05) is 102 Å². The fourth-order valence-electron chi connectivity index (χ4n) is 5.40. The minimum Gasteiger partial charge on any atom is -0.481 e. The number of carbonyl (C=O) groups is 2. The van der Waals surface area contributed by atoms with Gasteiger partial charge in [0.05, 0.1) is 12.2 Å². The van der Waals surface area contributed by atoms with E-state index in [9.17, 15) is 19.8 Å². The van der Waals surface area contributed by atoms with Crippen molar-refractivity contribution in [3.63, 3.8) is 0 Å². The molecule has 0 saturated heterocycles. The topological polar surface area (TPSA) is 119 Å². The molecule has 0 radical (unpaired) electrons. The molecule has 4 aromatic rings. The van der Waals surface area contributed by atoms with E-state index in [1.54, 1.807) is 38.6 Å². The lowest BCUT2D eigenvalue weighted by molar-refractivity contribution is -0.148. The lowest BCUT2D eigenvalue weighted by Crippen LogP contribution is -2.48. The summed E-state index contributed by atoms with van der Waals surface area (Å²) in [6.45, 7) is 24.9. The smallest absolute Gasteiger partial charge is 0.316 e. The maximum atomic E-state index is 12.6. The Morgan fingerprint density at radius 3 is 1.11 bits per heavy atom. The van der Waals surface area contributed by atoms with Crippen molar-refractivity contribution in [3.05, 3.63) is 129 Å². The van der Waals surface area contributed by atoms with Crippen LogP contribution >= 0.6 is 31.9 Å². The molecule has 0 amide bonds. The van der Waals surface area contributed by atoms with E-state index >= 15 is 0 Å². The average molecular weight is 901 g/mol. The summed E-state index contributed by atoms with van der Waals surface area (Å²) < 4.78 is 14.9. The summed E-state index contributed by atoms with van der Waals surface area (Å²) in [5, 5.41) is 20.5. The zero-order valence-corrected chi connectivity index (χ0v) is 38.7. The van der Waals surface area contributed by atoms with E-state index in [1.165, 1.54) is 0 Å². The SMILES string of the molecule is CC(C)(C)[Si](C)(C)O[C@@H](c1ccccc1)[C@](C)(C(=O)O)c1cncc(Br)c1.CC(C)(C)[Si](C)(C)O[C@H](c1ccccc1)[C@](C)(C(=O)O)c1cncc(Br)c1. The highest BCUT2D eigenvalue weighted by Crippen LogP contribution is 2.48. The van der Waals surface area contributed by atoms with Crippen LogP contribution in [0.1, 0.15) is 89.9 Å². The summed E-state index contributed by atoms with van der Waals surface area (Å²) in [5.41, 5.74) is 0.356. The molecule has 0 fully saturated rings. The summed E-state index contributed by atoms with van der Waals surface area (Å²) in [5.74, 6) is -1.87. The van der Waals surface area contributed by atoms with Crippen LogP contribution in [0.2, 0.25) is 36.3 Å². The van der Waals surface area contributed by atoms with E-state index in [4.69, 9.17) is 8.85 Å². The zero-order chi connectivity index (χ0) is 40.9. The maximum Gasteiger partial charge on any atom is 0.316 e. The second-order valence-corrected chi connectivity index (χ2v) is 28.5. The summed E-state index contributed by atoms with van der Waals surface area (Å²) >= 11 is 6.83. The molecule has 0 aliphatic carbocycles. The number of nitrogens with zero attached hydrogens (tertiary/aromatic N) is 2. The fraction of sp³-hybridized carbons (Fsp3) is 0.429. The molecule has 0 saturated carbocycles. The Hall–Kier alpha value is -3.01. The first-order valence-electron chi connectivity index (χ1n) is 17.9. The van der Waals surface area contributed by atoms with Crippen molar-refractivity contribution in [1.29, 1.82) is 0 Å². The molecule has 12 heteroatoms. The predicted molar refractivity (Wildman–Crippen MR) is 229 cm³/mol. The number of aliphatic carboxylic acids is 2. The van der Waals surface area contributed by atoms with Crippen LogP contribution in [-0.2, 0) is 29.3 Å². The lowest BCUT2D eigenvalue weighted by atomic mass is 9.75. The third-order valence-corrected chi connectivity index (χ3v) is 20.9. The number of pyridine rings is 2. The number of hydrogen-bond donors (Lipinski definition) is 2. The Morgan fingerprint density at radius 2 is 0.870 bits per heavy atom. The van der Waals surface area contributed by atoms with Crippen LogP contribution < -0.4 is 0 Å². The number of rotatable bonds is 12. The number of carboxylic acids is 2. The van der Waals surface area contributed by atoms with Crippen molar-refractivity contribution >= 4 is 60.4 Å². The molecule has 8 nitrogen and oxygen atoms in total. The molecule has 2 aromatic heterocycles. The van der Waals surface area contributed by atoms with Crippen LogP contribution in [-0.4, -0.2) is 48.8 Å². The van der Waals surface area contributed by atoms with Crippen molar-refractivity contribution in [3.8, 4) is 0 Å². The van der Waals surface area contributed by atoms with Crippen LogP contribution in [0, 0.1) is 0 Å². The first-order chi connectivity index (χ1) is 24.8. The van der Waals surface area contributed by atoms with Gasteiger partial charge in [0.15, 0.2) is 16.6 Å². The van der Waals surface area contributed by atoms with Gasteiger partial charge in [-0.3, -0.25) is 19.6 Å². The Balaban J connectivity index is 0.000000290. The fourth-order valence-corrected chi connectivity index (χ4v) is 8.76. The van der Waals surface area contributed by atoms with E-state index < -0.39 is 51.6 Å². The quantitative estimate of drug-likeness (QED) is 0.135. The Morgan fingerprint density at radius 1 is 0.574 bits per heavy atom. The molecule has 2 heterocycles. The highest BCUT2D eigenvalue weighted by Gasteiger charge is 2.51. The van der Waals surface area contributed by atoms with Gasteiger partial charge in [0.2, 0.25) is 0 Å². The largest absolute Gasteiger partial charge is 0.481 e. The zero-order valence-electron chi connectivity index (χ0n) is 33.6. The van der Waals surface area contributed by atoms with Gasteiger partial charge in [0.1, 0.15) is 10.8 Å². The number of carboxylic acid groups (broad SMARTS) is 2. The Labute approximate surface area is 340 Å². The molecular formula is C42H56Br2N2O6Si2. The third-order valence-electron chi connectivity index (χ3n) is 11.2.